The smallest absolute Gasteiger partial charge is 0.227 e. The third-order valence-electron chi connectivity index (χ3n) is 6.33. The summed E-state index contributed by atoms with van der Waals surface area (Å²) in [5, 5.41) is 0. The Morgan fingerprint density at radius 3 is 2.42 bits per heavy atom. The van der Waals surface area contributed by atoms with Gasteiger partial charge in [-0.25, -0.2) is 0 Å². The summed E-state index contributed by atoms with van der Waals surface area (Å²) in [6.07, 6.45) is 4.88. The Morgan fingerprint density at radius 2 is 1.73 bits per heavy atom. The van der Waals surface area contributed by atoms with Gasteiger partial charge in [-0.1, -0.05) is 6.07 Å². The average Bonchev–Trinajstić information content (AvgIpc) is 2.86. The quantitative estimate of drug-likeness (QED) is 0.608. The predicted molar refractivity (Wildman–Crippen MR) is 125 cm³/mol. The van der Waals surface area contributed by atoms with Crippen LogP contribution < -0.4 is 18.9 Å². The maximum atomic E-state index is 13.0. The van der Waals surface area contributed by atoms with Crippen molar-refractivity contribution in [2.75, 3.05) is 47.6 Å². The van der Waals surface area contributed by atoms with Gasteiger partial charge in [0, 0.05) is 6.54 Å². The summed E-state index contributed by atoms with van der Waals surface area (Å²) in [7, 11) is 4.70. The number of hydrogen-bond donors (Lipinski definition) is 0. The lowest BCUT2D eigenvalue weighted by Crippen LogP contribution is -2.48. The number of carbonyl (C=O) groups is 1. The fourth-order valence-electron chi connectivity index (χ4n) is 4.56. The van der Waals surface area contributed by atoms with Crippen LogP contribution >= 0.6 is 0 Å². The predicted octanol–water partition coefficient (Wildman–Crippen LogP) is 3.44. The fourth-order valence-corrected chi connectivity index (χ4v) is 4.56. The van der Waals surface area contributed by atoms with Crippen molar-refractivity contribution in [1.29, 1.82) is 0 Å². The average molecular weight is 456 g/mol. The van der Waals surface area contributed by atoms with E-state index in [0.29, 0.717) is 43.6 Å². The largest absolute Gasteiger partial charge is 0.493 e. The molecule has 1 aliphatic heterocycles. The molecule has 0 bridgehead atoms. The molecule has 0 spiro atoms. The maximum Gasteiger partial charge on any atom is 0.227 e. The zero-order chi connectivity index (χ0) is 23.2. The van der Waals surface area contributed by atoms with Crippen molar-refractivity contribution in [3.8, 4) is 23.0 Å². The second kappa shape index (κ2) is 10.8. The molecule has 4 rings (SSSR count). The second-order valence-electron chi connectivity index (χ2n) is 8.49. The van der Waals surface area contributed by atoms with Crippen LogP contribution in [0.25, 0.3) is 0 Å². The molecule has 1 saturated heterocycles. The molecule has 0 saturated carbocycles. The van der Waals surface area contributed by atoms with Crippen molar-refractivity contribution in [3.63, 3.8) is 0 Å². The van der Waals surface area contributed by atoms with Crippen LogP contribution in [0.4, 0.5) is 0 Å². The van der Waals surface area contributed by atoms with E-state index in [4.69, 9.17) is 23.7 Å². The number of ether oxygens (including phenoxy) is 5. The topological polar surface area (TPSA) is 66.5 Å². The van der Waals surface area contributed by atoms with Crippen molar-refractivity contribution in [3.05, 3.63) is 47.0 Å². The summed E-state index contributed by atoms with van der Waals surface area (Å²) in [5.41, 5.74) is 3.64. The lowest BCUT2D eigenvalue weighted by molar-refractivity contribution is -0.139. The van der Waals surface area contributed by atoms with E-state index >= 15 is 0 Å². The van der Waals surface area contributed by atoms with Crippen LogP contribution in [0.3, 0.4) is 0 Å². The van der Waals surface area contributed by atoms with Gasteiger partial charge in [0.25, 0.3) is 0 Å². The molecule has 1 fully saturated rings. The number of amides is 1. The van der Waals surface area contributed by atoms with Gasteiger partial charge in [-0.3, -0.25) is 4.79 Å². The molecule has 7 heteroatoms. The van der Waals surface area contributed by atoms with E-state index in [9.17, 15) is 4.79 Å². The highest BCUT2D eigenvalue weighted by molar-refractivity contribution is 5.79. The molecule has 7 nitrogen and oxygen atoms in total. The van der Waals surface area contributed by atoms with E-state index in [1.165, 1.54) is 24.0 Å². The first-order chi connectivity index (χ1) is 16.1. The molecule has 1 amide bonds. The van der Waals surface area contributed by atoms with Crippen LogP contribution in [-0.2, 0) is 28.8 Å². The molecule has 0 radical (unpaired) electrons. The monoisotopic (exact) mass is 455 g/mol. The van der Waals surface area contributed by atoms with Crippen LogP contribution in [-0.4, -0.2) is 64.5 Å². The van der Waals surface area contributed by atoms with E-state index < -0.39 is 0 Å². The number of nitrogens with zero attached hydrogens (tertiary/aromatic N) is 1. The maximum absolute atomic E-state index is 13.0. The molecule has 1 heterocycles. The van der Waals surface area contributed by atoms with Gasteiger partial charge >= 0.3 is 0 Å². The molecular weight excluding hydrogens is 422 g/mol. The van der Waals surface area contributed by atoms with Crippen molar-refractivity contribution >= 4 is 5.91 Å². The molecule has 33 heavy (non-hydrogen) atoms. The van der Waals surface area contributed by atoms with Crippen molar-refractivity contribution in [1.82, 2.24) is 4.90 Å². The summed E-state index contributed by atoms with van der Waals surface area (Å²) in [6, 6.07) is 10.0. The summed E-state index contributed by atoms with van der Waals surface area (Å²) in [5.74, 6) is 2.50. The van der Waals surface area contributed by atoms with Crippen LogP contribution in [0.2, 0.25) is 0 Å². The lowest BCUT2D eigenvalue weighted by Gasteiger charge is -2.33. The van der Waals surface area contributed by atoms with Gasteiger partial charge in [0.1, 0.15) is 18.5 Å². The molecule has 2 aromatic rings. The third-order valence-corrected chi connectivity index (χ3v) is 6.33. The van der Waals surface area contributed by atoms with Gasteiger partial charge in [-0.15, -0.1) is 0 Å². The van der Waals surface area contributed by atoms with Crippen LogP contribution in [0.15, 0.2) is 30.3 Å². The summed E-state index contributed by atoms with van der Waals surface area (Å²) in [6.45, 7) is 2.00. The number of benzene rings is 2. The third kappa shape index (κ3) is 5.53. The Bertz CT molecular complexity index is 950. The molecule has 0 aromatic heterocycles. The number of methoxy groups -OCH3 is 3. The molecule has 1 aliphatic carbocycles. The molecule has 1 atom stereocenters. The summed E-state index contributed by atoms with van der Waals surface area (Å²) in [4.78, 5) is 14.9. The zero-order valence-corrected chi connectivity index (χ0v) is 19.7. The Kier molecular flexibility index (Phi) is 7.60. The van der Waals surface area contributed by atoms with Gasteiger partial charge in [-0.05, 0) is 66.6 Å². The van der Waals surface area contributed by atoms with Crippen molar-refractivity contribution in [2.24, 2.45) is 0 Å². The van der Waals surface area contributed by atoms with Crippen LogP contribution in [0, 0.1) is 0 Å². The van der Waals surface area contributed by atoms with Gasteiger partial charge in [0.15, 0.2) is 11.5 Å². The van der Waals surface area contributed by atoms with Crippen molar-refractivity contribution < 1.29 is 28.5 Å². The minimum atomic E-state index is -0.154. The SMILES string of the molecule is COc1cc(CC(=O)N2CCOC(COc3ccc4c(c3)CCCC4)C2)cc(OC)c1OC. The Balaban J connectivity index is 1.35. The molecule has 178 valence electrons. The minimum absolute atomic E-state index is 0.0337. The van der Waals surface area contributed by atoms with Gasteiger partial charge < -0.3 is 28.6 Å². The number of morpholine rings is 1. The Labute approximate surface area is 195 Å². The van der Waals surface area contributed by atoms with E-state index in [2.05, 4.69) is 12.1 Å². The standard InChI is InChI=1S/C26H33NO6/c1-29-23-12-18(13-24(30-2)26(23)31-3)14-25(28)27-10-11-32-22(16-27)17-33-21-9-8-19-6-4-5-7-20(19)15-21/h8-9,12-13,15,22H,4-7,10-11,14,16-17H2,1-3H3. The minimum Gasteiger partial charge on any atom is -0.493 e. The molecule has 0 N–H and O–H groups in total. The van der Waals surface area contributed by atoms with Gasteiger partial charge in [0.05, 0.1) is 40.9 Å². The normalized spacial score (nSPS) is 17.8. The second-order valence-corrected chi connectivity index (χ2v) is 8.49. The highest BCUT2D eigenvalue weighted by Gasteiger charge is 2.26. The summed E-state index contributed by atoms with van der Waals surface area (Å²) < 4.78 is 28.1. The van der Waals surface area contributed by atoms with E-state index in [-0.39, 0.29) is 18.4 Å². The van der Waals surface area contributed by atoms with Crippen LogP contribution in [0.5, 0.6) is 23.0 Å². The molecule has 2 aromatic carbocycles. The fraction of sp³-hybridized carbons (Fsp3) is 0.500. The lowest BCUT2D eigenvalue weighted by atomic mass is 9.92. The number of fused-ring (bicyclic) bond motifs is 1. The number of aryl methyl sites for hydroxylation is 2. The number of rotatable bonds is 8. The van der Waals surface area contributed by atoms with Crippen LogP contribution in [0.1, 0.15) is 29.5 Å². The number of hydrogen-bond acceptors (Lipinski definition) is 6. The Morgan fingerprint density at radius 1 is 1.00 bits per heavy atom. The van der Waals surface area contributed by atoms with Crippen molar-refractivity contribution in [2.45, 2.75) is 38.2 Å². The Hall–Kier alpha value is -2.93. The molecular formula is C26H33NO6. The summed E-state index contributed by atoms with van der Waals surface area (Å²) >= 11 is 0. The number of carbonyl (C=O) groups excluding carboxylic acids is 1. The van der Waals surface area contributed by atoms with Gasteiger partial charge in [0.2, 0.25) is 11.7 Å². The first kappa shape index (κ1) is 23.2. The highest BCUT2D eigenvalue weighted by atomic mass is 16.5. The first-order valence-corrected chi connectivity index (χ1v) is 11.5. The van der Waals surface area contributed by atoms with E-state index in [0.717, 1.165) is 24.2 Å². The highest BCUT2D eigenvalue weighted by Crippen LogP contribution is 2.38. The van der Waals surface area contributed by atoms with Gasteiger partial charge in [-0.2, -0.15) is 0 Å². The van der Waals surface area contributed by atoms with E-state index in [1.54, 1.807) is 21.3 Å². The zero-order valence-electron chi connectivity index (χ0n) is 19.7. The first-order valence-electron chi connectivity index (χ1n) is 11.5. The molecule has 2 aliphatic rings. The van der Waals surface area contributed by atoms with E-state index in [1.807, 2.05) is 23.1 Å². The molecule has 1 unspecified atom stereocenters.